The highest BCUT2D eigenvalue weighted by Gasteiger charge is 2.13. The smallest absolute Gasteiger partial charge is 0.261 e. The van der Waals surface area contributed by atoms with Crippen LogP contribution >= 0.6 is 0 Å². The third kappa shape index (κ3) is 1.91. The summed E-state index contributed by atoms with van der Waals surface area (Å²) in [6.07, 6.45) is 1.54. The van der Waals surface area contributed by atoms with E-state index in [0.29, 0.717) is 10.9 Å². The maximum absolute atomic E-state index is 12.1. The Bertz CT molecular complexity index is 618. The van der Waals surface area contributed by atoms with Crippen LogP contribution in [0.2, 0.25) is 0 Å². The molecule has 88 valence electrons. The zero-order chi connectivity index (χ0) is 12.4. The first-order valence-corrected chi connectivity index (χ1v) is 5.32. The molecule has 0 spiro atoms. The highest BCUT2D eigenvalue weighted by Crippen LogP contribution is 2.10. The summed E-state index contributed by atoms with van der Waals surface area (Å²) in [7, 11) is 0. The summed E-state index contributed by atoms with van der Waals surface area (Å²) >= 11 is 0. The number of carboxylic acids is 1. The van der Waals surface area contributed by atoms with Gasteiger partial charge in [-0.1, -0.05) is 19.1 Å². The Labute approximate surface area is 97.3 Å². The number of carbonyl (C=O) groups is 1. The predicted octanol–water partition coefficient (Wildman–Crippen LogP) is 0.0975. The van der Waals surface area contributed by atoms with E-state index < -0.39 is 12.0 Å². The predicted molar refractivity (Wildman–Crippen MR) is 60.3 cm³/mol. The van der Waals surface area contributed by atoms with Gasteiger partial charge in [-0.25, -0.2) is 4.98 Å². The van der Waals surface area contributed by atoms with Gasteiger partial charge in [0.1, 0.15) is 0 Å². The summed E-state index contributed by atoms with van der Waals surface area (Å²) in [4.78, 5) is 27.1. The van der Waals surface area contributed by atoms with E-state index in [-0.39, 0.29) is 12.0 Å². The van der Waals surface area contributed by atoms with Crippen molar-refractivity contribution in [2.24, 2.45) is 0 Å². The number of rotatable bonds is 3. The summed E-state index contributed by atoms with van der Waals surface area (Å²) in [5.41, 5.74) is 0.202. The Kier molecular flexibility index (Phi) is 2.91. The lowest BCUT2D eigenvalue weighted by molar-refractivity contribution is -0.310. The molecule has 2 rings (SSSR count). The molecule has 0 amide bonds. The van der Waals surface area contributed by atoms with Gasteiger partial charge >= 0.3 is 0 Å². The van der Waals surface area contributed by atoms with Gasteiger partial charge in [0.2, 0.25) is 0 Å². The number of benzene rings is 1. The zero-order valence-corrected chi connectivity index (χ0v) is 9.29. The third-order valence-corrected chi connectivity index (χ3v) is 2.68. The third-order valence-electron chi connectivity index (χ3n) is 2.68. The SMILES string of the molecule is CC[C@@H](C(=O)[O-])n1cnc2ccccc2c1=O. The van der Waals surface area contributed by atoms with Crippen LogP contribution in [0.4, 0.5) is 0 Å². The van der Waals surface area contributed by atoms with Crippen molar-refractivity contribution in [3.63, 3.8) is 0 Å². The van der Waals surface area contributed by atoms with E-state index in [1.54, 1.807) is 31.2 Å². The molecule has 2 aromatic rings. The monoisotopic (exact) mass is 231 g/mol. The maximum Gasteiger partial charge on any atom is 0.261 e. The number of fused-ring (bicyclic) bond motifs is 1. The summed E-state index contributed by atoms with van der Waals surface area (Å²) in [5, 5.41) is 11.3. The number of nitrogens with zero attached hydrogens (tertiary/aromatic N) is 2. The molecule has 0 aliphatic carbocycles. The second-order valence-corrected chi connectivity index (χ2v) is 3.72. The lowest BCUT2D eigenvalue weighted by atomic mass is 10.2. The van der Waals surface area contributed by atoms with Crippen molar-refractivity contribution in [3.05, 3.63) is 40.9 Å². The highest BCUT2D eigenvalue weighted by molar-refractivity contribution is 5.77. The number of hydrogen-bond acceptors (Lipinski definition) is 4. The largest absolute Gasteiger partial charge is 0.548 e. The molecule has 0 unspecified atom stereocenters. The van der Waals surface area contributed by atoms with E-state index in [2.05, 4.69) is 4.98 Å². The molecule has 5 nitrogen and oxygen atoms in total. The minimum absolute atomic E-state index is 0.280. The molecule has 1 aromatic heterocycles. The van der Waals surface area contributed by atoms with Crippen molar-refractivity contribution in [2.45, 2.75) is 19.4 Å². The molecule has 17 heavy (non-hydrogen) atoms. The second kappa shape index (κ2) is 4.37. The topological polar surface area (TPSA) is 75.0 Å². The standard InChI is InChI=1S/C12H12N2O3/c1-2-10(12(16)17)14-7-13-9-6-4-3-5-8(9)11(14)15/h3-7,10H,2H2,1H3,(H,16,17)/p-1/t10-/m0/s1. The van der Waals surface area contributed by atoms with Gasteiger partial charge in [0.05, 0.1) is 29.2 Å². The van der Waals surface area contributed by atoms with E-state index in [1.165, 1.54) is 6.33 Å². The zero-order valence-electron chi connectivity index (χ0n) is 9.29. The van der Waals surface area contributed by atoms with Gasteiger partial charge in [-0.3, -0.25) is 9.36 Å². The molecule has 0 aliphatic rings. The van der Waals surface area contributed by atoms with Crippen LogP contribution < -0.4 is 10.7 Å². The number of carbonyl (C=O) groups excluding carboxylic acids is 1. The quantitative estimate of drug-likeness (QED) is 0.750. The van der Waals surface area contributed by atoms with Crippen LogP contribution in [0.3, 0.4) is 0 Å². The number of hydrogen-bond donors (Lipinski definition) is 0. The lowest BCUT2D eigenvalue weighted by Gasteiger charge is -2.18. The van der Waals surface area contributed by atoms with E-state index >= 15 is 0 Å². The Hall–Kier alpha value is -2.17. The van der Waals surface area contributed by atoms with Gasteiger partial charge in [-0.15, -0.1) is 0 Å². The normalized spacial score (nSPS) is 12.5. The van der Waals surface area contributed by atoms with Crippen molar-refractivity contribution in [2.75, 3.05) is 0 Å². The second-order valence-electron chi connectivity index (χ2n) is 3.72. The molecule has 0 N–H and O–H groups in total. The molecule has 0 saturated carbocycles. The molecule has 1 aromatic carbocycles. The Morgan fingerprint density at radius 3 is 2.82 bits per heavy atom. The van der Waals surface area contributed by atoms with Crippen molar-refractivity contribution < 1.29 is 9.90 Å². The summed E-state index contributed by atoms with van der Waals surface area (Å²) in [5.74, 6) is -1.27. The first kappa shape index (κ1) is 11.3. The summed E-state index contributed by atoms with van der Waals surface area (Å²) < 4.78 is 1.11. The van der Waals surface area contributed by atoms with Gasteiger partial charge in [-0.2, -0.15) is 0 Å². The van der Waals surface area contributed by atoms with Crippen LogP contribution in [0.5, 0.6) is 0 Å². The van der Waals surface area contributed by atoms with Crippen molar-refractivity contribution in [1.82, 2.24) is 9.55 Å². The number of para-hydroxylation sites is 1. The molecule has 1 heterocycles. The Balaban J connectivity index is 2.68. The van der Waals surface area contributed by atoms with E-state index in [9.17, 15) is 14.7 Å². The van der Waals surface area contributed by atoms with Gasteiger partial charge < -0.3 is 9.90 Å². The van der Waals surface area contributed by atoms with Gasteiger partial charge in [0.25, 0.3) is 5.56 Å². The lowest BCUT2D eigenvalue weighted by Crippen LogP contribution is -2.38. The van der Waals surface area contributed by atoms with Crippen LogP contribution in [-0.4, -0.2) is 15.5 Å². The number of aliphatic carboxylic acids is 1. The van der Waals surface area contributed by atoms with Crippen molar-refractivity contribution >= 4 is 16.9 Å². The minimum Gasteiger partial charge on any atom is -0.548 e. The molecule has 1 atom stereocenters. The number of carboxylic acid groups (broad SMARTS) is 1. The molecule has 0 aliphatic heterocycles. The van der Waals surface area contributed by atoms with Crippen LogP contribution in [0.25, 0.3) is 10.9 Å². The average Bonchev–Trinajstić information content (AvgIpc) is 2.33. The van der Waals surface area contributed by atoms with Crippen LogP contribution in [0, 0.1) is 0 Å². The van der Waals surface area contributed by atoms with Gasteiger partial charge in [-0.05, 0) is 18.6 Å². The molecule has 0 fully saturated rings. The first-order valence-electron chi connectivity index (χ1n) is 5.32. The van der Waals surface area contributed by atoms with Crippen LogP contribution in [-0.2, 0) is 4.79 Å². The molecular weight excluding hydrogens is 220 g/mol. The van der Waals surface area contributed by atoms with E-state index in [4.69, 9.17) is 0 Å². The Morgan fingerprint density at radius 2 is 2.18 bits per heavy atom. The fraction of sp³-hybridized carbons (Fsp3) is 0.250. The van der Waals surface area contributed by atoms with Crippen LogP contribution in [0.15, 0.2) is 35.4 Å². The molecule has 0 saturated heterocycles. The van der Waals surface area contributed by atoms with E-state index in [1.807, 2.05) is 0 Å². The first-order chi connectivity index (χ1) is 8.15. The minimum atomic E-state index is -1.27. The summed E-state index contributed by atoms with van der Waals surface area (Å²) in [6, 6.07) is 5.86. The van der Waals surface area contributed by atoms with Crippen molar-refractivity contribution in [1.29, 1.82) is 0 Å². The molecular formula is C12H11N2O3-. The highest BCUT2D eigenvalue weighted by atomic mass is 16.4. The van der Waals surface area contributed by atoms with Gasteiger partial charge in [0.15, 0.2) is 0 Å². The van der Waals surface area contributed by atoms with E-state index in [0.717, 1.165) is 4.57 Å². The van der Waals surface area contributed by atoms with Crippen LogP contribution in [0.1, 0.15) is 19.4 Å². The van der Waals surface area contributed by atoms with Crippen molar-refractivity contribution in [3.8, 4) is 0 Å². The fourth-order valence-corrected chi connectivity index (χ4v) is 1.78. The molecule has 0 bridgehead atoms. The molecule has 5 heteroatoms. The van der Waals surface area contributed by atoms with Gasteiger partial charge in [0, 0.05) is 0 Å². The molecule has 0 radical (unpaired) electrons. The maximum atomic E-state index is 12.1. The average molecular weight is 231 g/mol. The fourth-order valence-electron chi connectivity index (χ4n) is 1.78. The Morgan fingerprint density at radius 1 is 1.47 bits per heavy atom. The number of aromatic nitrogens is 2. The summed E-state index contributed by atoms with van der Waals surface area (Å²) in [6.45, 7) is 1.68.